The third-order valence-corrected chi connectivity index (χ3v) is 6.20. The Bertz CT molecular complexity index is 525. The number of Topliss-reactive ketones (excluding diaryl/α,β-unsaturated/α-hetero) is 1. The van der Waals surface area contributed by atoms with Crippen LogP contribution < -0.4 is 5.32 Å². The molecule has 0 bridgehead atoms. The molecule has 1 saturated carbocycles. The molecule has 0 aromatic rings. The topological polar surface area (TPSA) is 72.5 Å². The summed E-state index contributed by atoms with van der Waals surface area (Å²) in [7, 11) is 0. The van der Waals surface area contributed by atoms with Gasteiger partial charge in [0.05, 0.1) is 11.8 Å². The van der Waals surface area contributed by atoms with E-state index >= 15 is 0 Å². The fourth-order valence-electron chi connectivity index (χ4n) is 4.81. The lowest BCUT2D eigenvalue weighted by Gasteiger charge is -2.54. The smallest absolute Gasteiger partial charge is 0.337 e. The van der Waals surface area contributed by atoms with E-state index in [9.17, 15) is 14.4 Å². The van der Waals surface area contributed by atoms with Gasteiger partial charge in [-0.2, -0.15) is 0 Å². The first kappa shape index (κ1) is 15.5. The van der Waals surface area contributed by atoms with Crippen molar-refractivity contribution in [3.63, 3.8) is 0 Å². The van der Waals surface area contributed by atoms with Crippen LogP contribution in [0.25, 0.3) is 0 Å². The average Bonchev–Trinajstić information content (AvgIpc) is 2.69. The number of esters is 1. The predicted molar refractivity (Wildman–Crippen MR) is 79.9 cm³/mol. The van der Waals surface area contributed by atoms with Crippen molar-refractivity contribution in [2.75, 3.05) is 0 Å². The van der Waals surface area contributed by atoms with Crippen LogP contribution in [0.1, 0.15) is 59.3 Å². The number of ketones is 1. The molecule has 122 valence electrons. The molecule has 2 saturated heterocycles. The van der Waals surface area contributed by atoms with E-state index in [1.54, 1.807) is 13.8 Å². The summed E-state index contributed by atoms with van der Waals surface area (Å²) < 4.78 is 5.41. The van der Waals surface area contributed by atoms with E-state index in [1.165, 1.54) is 6.42 Å². The van der Waals surface area contributed by atoms with E-state index in [-0.39, 0.29) is 23.5 Å². The Kier molecular flexibility index (Phi) is 3.57. The molecular formula is C17H25NO4. The van der Waals surface area contributed by atoms with Gasteiger partial charge in [0.25, 0.3) is 0 Å². The van der Waals surface area contributed by atoms with Gasteiger partial charge in [-0.1, -0.05) is 33.1 Å². The zero-order valence-corrected chi connectivity index (χ0v) is 13.6. The molecule has 1 aliphatic carbocycles. The summed E-state index contributed by atoms with van der Waals surface area (Å²) in [6.07, 6.45) is 5.72. The van der Waals surface area contributed by atoms with Crippen molar-refractivity contribution in [3.8, 4) is 0 Å². The van der Waals surface area contributed by atoms with Crippen molar-refractivity contribution in [2.24, 2.45) is 17.8 Å². The Morgan fingerprint density at radius 1 is 1.32 bits per heavy atom. The largest absolute Gasteiger partial charge is 0.453 e. The van der Waals surface area contributed by atoms with Crippen molar-refractivity contribution in [2.45, 2.75) is 70.4 Å². The lowest BCUT2D eigenvalue weighted by atomic mass is 9.62. The highest BCUT2D eigenvalue weighted by molar-refractivity contribution is 6.05. The monoisotopic (exact) mass is 307 g/mol. The number of ether oxygens (including phenoxy) is 1. The molecule has 1 amide bonds. The zero-order valence-electron chi connectivity index (χ0n) is 13.6. The van der Waals surface area contributed by atoms with Crippen LogP contribution in [0.3, 0.4) is 0 Å². The molecule has 0 spiro atoms. The summed E-state index contributed by atoms with van der Waals surface area (Å²) >= 11 is 0. The minimum atomic E-state index is -1.15. The maximum atomic E-state index is 12.9. The molecule has 3 rings (SSSR count). The number of fused-ring (bicyclic) bond motifs is 1. The summed E-state index contributed by atoms with van der Waals surface area (Å²) in [5, 5.41) is 2.84. The van der Waals surface area contributed by atoms with E-state index in [0.29, 0.717) is 6.42 Å². The molecule has 1 N–H and O–H groups in total. The van der Waals surface area contributed by atoms with Gasteiger partial charge in [-0.15, -0.1) is 0 Å². The molecule has 22 heavy (non-hydrogen) atoms. The predicted octanol–water partition coefficient (Wildman–Crippen LogP) is 1.98. The highest BCUT2D eigenvalue weighted by atomic mass is 16.6. The SMILES string of the molecule is CC[C@H]1C(=O)N[C@@]2([C@@H](C)C(=O)C3CCCCC3)C(=O)O[C@@]12C. The number of nitrogens with one attached hydrogen (secondary N) is 1. The summed E-state index contributed by atoms with van der Waals surface area (Å²) in [6, 6.07) is 0. The third kappa shape index (κ3) is 1.74. The van der Waals surface area contributed by atoms with Crippen LogP contribution in [0.15, 0.2) is 0 Å². The Morgan fingerprint density at radius 3 is 2.50 bits per heavy atom. The summed E-state index contributed by atoms with van der Waals surface area (Å²) in [5.41, 5.74) is -2.04. The van der Waals surface area contributed by atoms with Crippen molar-refractivity contribution >= 4 is 17.7 Å². The Hall–Kier alpha value is -1.39. The van der Waals surface area contributed by atoms with Gasteiger partial charge in [-0.3, -0.25) is 9.59 Å². The molecule has 0 unspecified atom stereocenters. The lowest BCUT2D eigenvalue weighted by Crippen LogP contribution is -2.78. The average molecular weight is 307 g/mol. The summed E-state index contributed by atoms with van der Waals surface area (Å²) in [6.45, 7) is 5.49. The molecule has 4 atom stereocenters. The first-order chi connectivity index (χ1) is 10.4. The number of amides is 1. The van der Waals surface area contributed by atoms with E-state index in [0.717, 1.165) is 25.7 Å². The maximum Gasteiger partial charge on any atom is 0.337 e. The molecule has 5 nitrogen and oxygen atoms in total. The van der Waals surface area contributed by atoms with Crippen LogP contribution in [-0.2, 0) is 19.1 Å². The van der Waals surface area contributed by atoms with E-state index in [2.05, 4.69) is 5.32 Å². The highest BCUT2D eigenvalue weighted by Crippen LogP contribution is 2.54. The molecule has 3 fully saturated rings. The van der Waals surface area contributed by atoms with Crippen LogP contribution in [0.2, 0.25) is 0 Å². The third-order valence-electron chi connectivity index (χ3n) is 6.20. The van der Waals surface area contributed by atoms with Gasteiger partial charge in [-0.25, -0.2) is 4.79 Å². The van der Waals surface area contributed by atoms with Crippen molar-refractivity contribution < 1.29 is 19.1 Å². The van der Waals surface area contributed by atoms with Gasteiger partial charge in [0, 0.05) is 5.92 Å². The molecule has 0 aromatic carbocycles. The number of hydrogen-bond acceptors (Lipinski definition) is 4. The molecular weight excluding hydrogens is 282 g/mol. The molecule has 0 radical (unpaired) electrons. The van der Waals surface area contributed by atoms with Gasteiger partial charge < -0.3 is 10.1 Å². The fourth-order valence-corrected chi connectivity index (χ4v) is 4.81. The molecule has 3 aliphatic rings. The second-order valence-electron chi connectivity index (χ2n) is 7.21. The van der Waals surface area contributed by atoms with Crippen LogP contribution in [0, 0.1) is 17.8 Å². The van der Waals surface area contributed by atoms with Crippen molar-refractivity contribution in [1.82, 2.24) is 5.32 Å². The zero-order chi connectivity index (χ0) is 16.1. The van der Waals surface area contributed by atoms with Crippen LogP contribution >= 0.6 is 0 Å². The number of carbonyl (C=O) groups is 3. The van der Waals surface area contributed by atoms with Crippen molar-refractivity contribution in [1.29, 1.82) is 0 Å². The Morgan fingerprint density at radius 2 is 1.95 bits per heavy atom. The maximum absolute atomic E-state index is 12.9. The summed E-state index contributed by atoms with van der Waals surface area (Å²) in [4.78, 5) is 37.5. The van der Waals surface area contributed by atoms with Crippen molar-refractivity contribution in [3.05, 3.63) is 0 Å². The fraction of sp³-hybridized carbons (Fsp3) is 0.824. The lowest BCUT2D eigenvalue weighted by molar-refractivity contribution is -0.227. The second kappa shape index (κ2) is 5.07. The van der Waals surface area contributed by atoms with Crippen LogP contribution in [0.5, 0.6) is 0 Å². The number of rotatable bonds is 4. The minimum absolute atomic E-state index is 0.0216. The highest BCUT2D eigenvalue weighted by Gasteiger charge is 2.78. The van der Waals surface area contributed by atoms with Gasteiger partial charge in [0.1, 0.15) is 5.78 Å². The first-order valence-corrected chi connectivity index (χ1v) is 8.47. The van der Waals surface area contributed by atoms with E-state index in [4.69, 9.17) is 4.74 Å². The van der Waals surface area contributed by atoms with E-state index < -0.39 is 23.0 Å². The van der Waals surface area contributed by atoms with Gasteiger partial charge in [0.2, 0.25) is 5.91 Å². The van der Waals surface area contributed by atoms with Crippen LogP contribution in [0.4, 0.5) is 0 Å². The number of carbonyl (C=O) groups excluding carboxylic acids is 3. The molecule has 5 heteroatoms. The Balaban J connectivity index is 1.89. The molecule has 0 aromatic heterocycles. The first-order valence-electron chi connectivity index (χ1n) is 8.47. The van der Waals surface area contributed by atoms with Gasteiger partial charge in [0.15, 0.2) is 11.1 Å². The quantitative estimate of drug-likeness (QED) is 0.806. The van der Waals surface area contributed by atoms with E-state index in [1.807, 2.05) is 6.92 Å². The minimum Gasteiger partial charge on any atom is -0.453 e. The molecule has 2 aliphatic heterocycles. The molecule has 2 heterocycles. The standard InChI is InChI=1S/C17H25NO4/c1-4-12-14(20)18-17(15(21)22-16(12,17)3)10(2)13(19)11-8-6-5-7-9-11/h10-12H,4-9H2,1-3H3,(H,18,20)/t10-,12-,16-,17-/m0/s1. The Labute approximate surface area is 131 Å². The summed E-state index contributed by atoms with van der Waals surface area (Å²) in [5.74, 6) is -1.38. The second-order valence-corrected chi connectivity index (χ2v) is 7.21. The normalized spacial score (nSPS) is 39.5. The number of hydrogen-bond donors (Lipinski definition) is 1. The van der Waals surface area contributed by atoms with Gasteiger partial charge >= 0.3 is 5.97 Å². The van der Waals surface area contributed by atoms with Gasteiger partial charge in [-0.05, 0) is 26.2 Å². The van der Waals surface area contributed by atoms with Crippen LogP contribution in [-0.4, -0.2) is 28.8 Å².